The van der Waals surface area contributed by atoms with E-state index >= 15 is 0 Å². The van der Waals surface area contributed by atoms with E-state index in [0.717, 1.165) is 5.56 Å². The highest BCUT2D eigenvalue weighted by Crippen LogP contribution is 2.38. The molecule has 82 valence electrons. The molecule has 3 nitrogen and oxygen atoms in total. The van der Waals surface area contributed by atoms with Crippen molar-refractivity contribution in [1.82, 2.24) is 14.8 Å². The first-order valence-corrected chi connectivity index (χ1v) is 5.38. The summed E-state index contributed by atoms with van der Waals surface area (Å²) in [6.07, 6.45) is -0.550. The van der Waals surface area contributed by atoms with E-state index < -0.39 is 6.17 Å². The molecule has 0 aliphatic carbocycles. The molecule has 1 aromatic carbocycles. The minimum Gasteiger partial charge on any atom is -0.239 e. The molecule has 1 aliphatic heterocycles. The van der Waals surface area contributed by atoms with Crippen LogP contribution in [-0.2, 0) is 0 Å². The van der Waals surface area contributed by atoms with Crippen LogP contribution in [0.15, 0.2) is 30.3 Å². The number of aromatic nitrogens is 3. The third kappa shape index (κ3) is 1.33. The summed E-state index contributed by atoms with van der Waals surface area (Å²) in [5.41, 5.74) is 1.09. The normalized spacial score (nSPS) is 23.4. The van der Waals surface area contributed by atoms with Crippen LogP contribution in [0.1, 0.15) is 35.8 Å². The van der Waals surface area contributed by atoms with Crippen LogP contribution < -0.4 is 0 Å². The highest BCUT2D eigenvalue weighted by atomic mass is 19.1. The smallest absolute Gasteiger partial charge is 0.162 e. The van der Waals surface area contributed by atoms with Crippen molar-refractivity contribution in [2.75, 3.05) is 0 Å². The van der Waals surface area contributed by atoms with E-state index in [0.29, 0.717) is 18.1 Å². The molecule has 16 heavy (non-hydrogen) atoms. The number of halogens is 1. The van der Waals surface area contributed by atoms with Crippen LogP contribution in [-0.4, -0.2) is 14.8 Å². The van der Waals surface area contributed by atoms with Crippen LogP contribution in [0.25, 0.3) is 0 Å². The summed E-state index contributed by atoms with van der Waals surface area (Å²) in [6, 6.07) is 9.88. The van der Waals surface area contributed by atoms with Crippen LogP contribution in [0.3, 0.4) is 0 Å². The fraction of sp³-hybridized carbons (Fsp3) is 0.333. The SMILES string of the molecule is Cc1nc2n(n1)[C@@H](c1ccccc1)C[C@H]2F. The summed E-state index contributed by atoms with van der Waals surface area (Å²) in [4.78, 5) is 4.12. The second kappa shape index (κ2) is 3.40. The quantitative estimate of drug-likeness (QED) is 0.735. The van der Waals surface area contributed by atoms with E-state index in [9.17, 15) is 4.39 Å². The van der Waals surface area contributed by atoms with Crippen molar-refractivity contribution in [2.24, 2.45) is 0 Å². The van der Waals surface area contributed by atoms with Gasteiger partial charge < -0.3 is 0 Å². The minimum absolute atomic E-state index is 0.00704. The molecule has 0 fully saturated rings. The lowest BCUT2D eigenvalue weighted by atomic mass is 10.0. The van der Waals surface area contributed by atoms with Crippen LogP contribution in [0, 0.1) is 6.92 Å². The average Bonchev–Trinajstić information content (AvgIpc) is 2.80. The average molecular weight is 217 g/mol. The summed E-state index contributed by atoms with van der Waals surface area (Å²) >= 11 is 0. The monoisotopic (exact) mass is 217 g/mol. The Labute approximate surface area is 92.9 Å². The molecule has 3 rings (SSSR count). The molecule has 2 aromatic rings. The van der Waals surface area contributed by atoms with E-state index in [2.05, 4.69) is 10.1 Å². The van der Waals surface area contributed by atoms with Gasteiger partial charge >= 0.3 is 0 Å². The van der Waals surface area contributed by atoms with Crippen molar-refractivity contribution >= 4 is 0 Å². The maximum absolute atomic E-state index is 13.7. The van der Waals surface area contributed by atoms with Crippen LogP contribution >= 0.6 is 0 Å². The number of alkyl halides is 1. The molecule has 1 aliphatic rings. The molecule has 0 amide bonds. The Morgan fingerprint density at radius 1 is 1.31 bits per heavy atom. The fourth-order valence-corrected chi connectivity index (χ4v) is 2.24. The zero-order valence-electron chi connectivity index (χ0n) is 8.97. The van der Waals surface area contributed by atoms with Crippen molar-refractivity contribution in [3.63, 3.8) is 0 Å². The van der Waals surface area contributed by atoms with E-state index in [1.807, 2.05) is 30.3 Å². The lowest BCUT2D eigenvalue weighted by Crippen LogP contribution is -2.07. The van der Waals surface area contributed by atoms with Gasteiger partial charge in [-0.3, -0.25) is 0 Å². The van der Waals surface area contributed by atoms with Crippen molar-refractivity contribution in [3.8, 4) is 0 Å². The number of hydrogen-bond acceptors (Lipinski definition) is 2. The summed E-state index contributed by atoms with van der Waals surface area (Å²) < 4.78 is 15.5. The van der Waals surface area contributed by atoms with Crippen LogP contribution in [0.4, 0.5) is 4.39 Å². The minimum atomic E-state index is -0.994. The molecule has 0 unspecified atom stereocenters. The molecule has 0 saturated carbocycles. The van der Waals surface area contributed by atoms with Gasteiger partial charge in [0.1, 0.15) is 5.82 Å². The maximum Gasteiger partial charge on any atom is 0.162 e. The number of hydrogen-bond donors (Lipinski definition) is 0. The predicted octanol–water partition coefficient (Wildman–Crippen LogP) is 2.59. The largest absolute Gasteiger partial charge is 0.239 e. The van der Waals surface area contributed by atoms with Gasteiger partial charge in [0.05, 0.1) is 6.04 Å². The highest BCUT2D eigenvalue weighted by Gasteiger charge is 2.34. The van der Waals surface area contributed by atoms with Crippen LogP contribution in [0.5, 0.6) is 0 Å². The van der Waals surface area contributed by atoms with Gasteiger partial charge in [-0.25, -0.2) is 14.1 Å². The van der Waals surface area contributed by atoms with Gasteiger partial charge in [-0.05, 0) is 12.5 Å². The Morgan fingerprint density at radius 3 is 2.81 bits per heavy atom. The fourth-order valence-electron chi connectivity index (χ4n) is 2.24. The number of rotatable bonds is 1. The zero-order chi connectivity index (χ0) is 11.1. The molecule has 2 atom stereocenters. The summed E-state index contributed by atoms with van der Waals surface area (Å²) in [6.45, 7) is 1.79. The molecule has 4 heteroatoms. The Balaban J connectivity index is 2.06. The molecule has 2 heterocycles. The summed E-state index contributed by atoms with van der Waals surface area (Å²) in [7, 11) is 0. The molecule has 0 bridgehead atoms. The van der Waals surface area contributed by atoms with Gasteiger partial charge in [0.15, 0.2) is 12.0 Å². The standard InChI is InChI=1S/C12H12FN3/c1-8-14-12-10(13)7-11(16(12)15-8)9-5-3-2-4-6-9/h2-6,10-11H,7H2,1H3/t10-,11-/m1/s1. The van der Waals surface area contributed by atoms with E-state index in [1.54, 1.807) is 11.6 Å². The van der Waals surface area contributed by atoms with Gasteiger partial charge in [-0.2, -0.15) is 5.10 Å². The van der Waals surface area contributed by atoms with Gasteiger partial charge in [-0.1, -0.05) is 30.3 Å². The topological polar surface area (TPSA) is 30.7 Å². The number of benzene rings is 1. The first kappa shape index (κ1) is 9.51. The van der Waals surface area contributed by atoms with Gasteiger partial charge in [0.2, 0.25) is 0 Å². The molecule has 0 saturated heterocycles. The van der Waals surface area contributed by atoms with E-state index in [-0.39, 0.29) is 6.04 Å². The number of nitrogens with zero attached hydrogens (tertiary/aromatic N) is 3. The molecule has 0 spiro atoms. The lowest BCUT2D eigenvalue weighted by molar-refractivity contribution is 0.328. The van der Waals surface area contributed by atoms with Crippen molar-refractivity contribution in [3.05, 3.63) is 47.5 Å². The first-order chi connectivity index (χ1) is 7.75. The lowest BCUT2D eigenvalue weighted by Gasteiger charge is -2.10. The second-order valence-electron chi connectivity index (χ2n) is 4.09. The van der Waals surface area contributed by atoms with Crippen molar-refractivity contribution < 1.29 is 4.39 Å². The first-order valence-electron chi connectivity index (χ1n) is 5.38. The third-order valence-corrected chi connectivity index (χ3v) is 2.95. The number of aryl methyl sites for hydroxylation is 1. The van der Waals surface area contributed by atoms with Gasteiger partial charge in [0.25, 0.3) is 0 Å². The molecule has 0 N–H and O–H groups in total. The highest BCUT2D eigenvalue weighted by molar-refractivity contribution is 5.23. The molecule has 0 radical (unpaired) electrons. The van der Waals surface area contributed by atoms with E-state index in [4.69, 9.17) is 0 Å². The Bertz CT molecular complexity index is 506. The van der Waals surface area contributed by atoms with Gasteiger partial charge in [0, 0.05) is 6.42 Å². The molecular formula is C12H12FN3. The molecule has 1 aromatic heterocycles. The van der Waals surface area contributed by atoms with Crippen molar-refractivity contribution in [2.45, 2.75) is 25.6 Å². The Hall–Kier alpha value is -1.71. The summed E-state index contributed by atoms with van der Waals surface area (Å²) in [5, 5.41) is 4.26. The zero-order valence-corrected chi connectivity index (χ0v) is 8.97. The Kier molecular flexibility index (Phi) is 2.02. The Morgan fingerprint density at radius 2 is 2.06 bits per heavy atom. The predicted molar refractivity (Wildman–Crippen MR) is 57.8 cm³/mol. The second-order valence-corrected chi connectivity index (χ2v) is 4.09. The number of fused-ring (bicyclic) bond motifs is 1. The van der Waals surface area contributed by atoms with Crippen LogP contribution in [0.2, 0.25) is 0 Å². The van der Waals surface area contributed by atoms with E-state index in [1.165, 1.54) is 0 Å². The molecular weight excluding hydrogens is 205 g/mol. The third-order valence-electron chi connectivity index (χ3n) is 2.95. The van der Waals surface area contributed by atoms with Crippen molar-refractivity contribution in [1.29, 1.82) is 0 Å². The van der Waals surface area contributed by atoms with Gasteiger partial charge in [-0.15, -0.1) is 0 Å². The summed E-state index contributed by atoms with van der Waals surface area (Å²) in [5.74, 6) is 1.10. The maximum atomic E-state index is 13.7.